The standard InChI is InChI=1S/C15H21ClN2O2/c1-2-15(19)17-11-14(18-7-9-20-10-8-18)12-5-3-4-6-13(12)16/h3-6,14H,2,7-11H2,1H3,(H,17,19)/t14-/m1/s1. The molecule has 4 nitrogen and oxygen atoms in total. The van der Waals surface area contributed by atoms with Crippen LogP contribution in [0.25, 0.3) is 0 Å². The molecular weight excluding hydrogens is 276 g/mol. The van der Waals surface area contributed by atoms with Gasteiger partial charge in [-0.1, -0.05) is 36.7 Å². The topological polar surface area (TPSA) is 41.6 Å². The van der Waals surface area contributed by atoms with E-state index in [1.54, 1.807) is 0 Å². The van der Waals surface area contributed by atoms with Crippen molar-refractivity contribution in [1.82, 2.24) is 10.2 Å². The molecule has 0 bridgehead atoms. The van der Waals surface area contributed by atoms with Gasteiger partial charge >= 0.3 is 0 Å². The maximum Gasteiger partial charge on any atom is 0.219 e. The van der Waals surface area contributed by atoms with Gasteiger partial charge in [0, 0.05) is 31.1 Å². The van der Waals surface area contributed by atoms with E-state index in [0.717, 1.165) is 36.9 Å². The number of carbonyl (C=O) groups excluding carboxylic acids is 1. The van der Waals surface area contributed by atoms with Gasteiger partial charge in [0.25, 0.3) is 0 Å². The van der Waals surface area contributed by atoms with Crippen LogP contribution in [-0.2, 0) is 9.53 Å². The highest BCUT2D eigenvalue weighted by atomic mass is 35.5. The minimum Gasteiger partial charge on any atom is -0.379 e. The lowest BCUT2D eigenvalue weighted by atomic mass is 10.0. The molecule has 1 atom stereocenters. The van der Waals surface area contributed by atoms with Gasteiger partial charge < -0.3 is 10.1 Å². The van der Waals surface area contributed by atoms with Crippen LogP contribution in [0, 0.1) is 0 Å². The van der Waals surface area contributed by atoms with E-state index < -0.39 is 0 Å². The predicted octanol–water partition coefficient (Wildman–Crippen LogP) is 2.24. The summed E-state index contributed by atoms with van der Waals surface area (Å²) in [6.45, 7) is 5.60. The van der Waals surface area contributed by atoms with Gasteiger partial charge in [-0.3, -0.25) is 9.69 Å². The third-order valence-corrected chi connectivity index (χ3v) is 3.91. The van der Waals surface area contributed by atoms with Crippen LogP contribution < -0.4 is 5.32 Å². The normalized spacial score (nSPS) is 17.7. The SMILES string of the molecule is CCC(=O)NC[C@H](c1ccccc1Cl)N1CCOCC1. The number of hydrogen-bond donors (Lipinski definition) is 1. The minimum atomic E-state index is 0.0651. The molecule has 0 aliphatic carbocycles. The van der Waals surface area contributed by atoms with Crippen LogP contribution in [0.5, 0.6) is 0 Å². The molecule has 1 aliphatic rings. The summed E-state index contributed by atoms with van der Waals surface area (Å²) in [5.41, 5.74) is 1.06. The van der Waals surface area contributed by atoms with E-state index in [1.165, 1.54) is 0 Å². The molecule has 1 N–H and O–H groups in total. The van der Waals surface area contributed by atoms with Crippen LogP contribution in [-0.4, -0.2) is 43.7 Å². The molecule has 1 fully saturated rings. The van der Waals surface area contributed by atoms with E-state index in [2.05, 4.69) is 10.2 Å². The number of benzene rings is 1. The number of ether oxygens (including phenoxy) is 1. The summed E-state index contributed by atoms with van der Waals surface area (Å²) in [5, 5.41) is 3.72. The summed E-state index contributed by atoms with van der Waals surface area (Å²) < 4.78 is 5.40. The zero-order chi connectivity index (χ0) is 14.4. The number of halogens is 1. The molecule has 1 saturated heterocycles. The molecule has 1 aliphatic heterocycles. The Bertz CT molecular complexity index is 447. The largest absolute Gasteiger partial charge is 0.379 e. The summed E-state index contributed by atoms with van der Waals surface area (Å²) in [6.07, 6.45) is 0.498. The average Bonchev–Trinajstić information content (AvgIpc) is 2.50. The first-order chi connectivity index (χ1) is 9.72. The Kier molecular flexibility index (Phi) is 5.83. The maximum atomic E-state index is 11.5. The van der Waals surface area contributed by atoms with Crippen LogP contribution in [0.2, 0.25) is 5.02 Å². The highest BCUT2D eigenvalue weighted by Crippen LogP contribution is 2.27. The summed E-state index contributed by atoms with van der Waals surface area (Å²) in [5.74, 6) is 0.0651. The third-order valence-electron chi connectivity index (χ3n) is 3.56. The van der Waals surface area contributed by atoms with Crippen molar-refractivity contribution in [2.75, 3.05) is 32.8 Å². The molecule has 2 rings (SSSR count). The lowest BCUT2D eigenvalue weighted by Crippen LogP contribution is -2.43. The van der Waals surface area contributed by atoms with Gasteiger partial charge in [0.2, 0.25) is 5.91 Å². The molecule has 1 aromatic carbocycles. The Hall–Kier alpha value is -1.10. The molecule has 110 valence electrons. The van der Waals surface area contributed by atoms with E-state index in [4.69, 9.17) is 16.3 Å². The molecule has 1 aromatic rings. The molecule has 0 unspecified atom stereocenters. The highest BCUT2D eigenvalue weighted by Gasteiger charge is 2.24. The zero-order valence-electron chi connectivity index (χ0n) is 11.8. The molecule has 0 aromatic heterocycles. The van der Waals surface area contributed by atoms with Gasteiger partial charge in [0.1, 0.15) is 0 Å². The molecule has 0 radical (unpaired) electrons. The Morgan fingerprint density at radius 3 is 2.75 bits per heavy atom. The number of carbonyl (C=O) groups is 1. The Labute approximate surface area is 125 Å². The molecule has 1 heterocycles. The summed E-state index contributed by atoms with van der Waals surface area (Å²) in [4.78, 5) is 13.8. The van der Waals surface area contributed by atoms with Gasteiger partial charge in [-0.25, -0.2) is 0 Å². The minimum absolute atomic E-state index is 0.0651. The van der Waals surface area contributed by atoms with Crippen molar-refractivity contribution in [2.45, 2.75) is 19.4 Å². The molecule has 20 heavy (non-hydrogen) atoms. The molecule has 5 heteroatoms. The number of morpholine rings is 1. The lowest BCUT2D eigenvalue weighted by Gasteiger charge is -2.35. The number of nitrogens with one attached hydrogen (secondary N) is 1. The van der Waals surface area contributed by atoms with Crippen LogP contribution in [0.3, 0.4) is 0 Å². The van der Waals surface area contributed by atoms with Crippen molar-refractivity contribution in [2.24, 2.45) is 0 Å². The first kappa shape index (κ1) is 15.3. The quantitative estimate of drug-likeness (QED) is 0.906. The van der Waals surface area contributed by atoms with Crippen molar-refractivity contribution in [3.8, 4) is 0 Å². The molecule has 0 saturated carbocycles. The highest BCUT2D eigenvalue weighted by molar-refractivity contribution is 6.31. The number of nitrogens with zero attached hydrogens (tertiary/aromatic N) is 1. The van der Waals surface area contributed by atoms with Crippen molar-refractivity contribution in [1.29, 1.82) is 0 Å². The van der Waals surface area contributed by atoms with E-state index in [9.17, 15) is 4.79 Å². The van der Waals surface area contributed by atoms with Crippen LogP contribution in [0.15, 0.2) is 24.3 Å². The van der Waals surface area contributed by atoms with E-state index in [1.807, 2.05) is 31.2 Å². The molecular formula is C15H21ClN2O2. The first-order valence-electron chi connectivity index (χ1n) is 7.05. The van der Waals surface area contributed by atoms with Crippen LogP contribution in [0.1, 0.15) is 24.9 Å². The zero-order valence-corrected chi connectivity index (χ0v) is 12.5. The summed E-state index contributed by atoms with van der Waals surface area (Å²) in [6, 6.07) is 7.93. The van der Waals surface area contributed by atoms with E-state index in [0.29, 0.717) is 13.0 Å². The van der Waals surface area contributed by atoms with Crippen molar-refractivity contribution in [3.63, 3.8) is 0 Å². The summed E-state index contributed by atoms with van der Waals surface area (Å²) in [7, 11) is 0. The fourth-order valence-corrected chi connectivity index (χ4v) is 2.67. The fourth-order valence-electron chi connectivity index (χ4n) is 2.41. The van der Waals surface area contributed by atoms with Crippen molar-refractivity contribution >= 4 is 17.5 Å². The summed E-state index contributed by atoms with van der Waals surface area (Å²) >= 11 is 6.32. The van der Waals surface area contributed by atoms with Gasteiger partial charge in [-0.2, -0.15) is 0 Å². The monoisotopic (exact) mass is 296 g/mol. The molecule has 0 spiro atoms. The van der Waals surface area contributed by atoms with Gasteiger partial charge in [-0.15, -0.1) is 0 Å². The second-order valence-electron chi connectivity index (χ2n) is 4.84. The average molecular weight is 297 g/mol. The molecule has 1 amide bonds. The van der Waals surface area contributed by atoms with Gasteiger partial charge in [-0.05, 0) is 11.6 Å². The number of rotatable bonds is 5. The first-order valence-corrected chi connectivity index (χ1v) is 7.43. The van der Waals surface area contributed by atoms with Crippen molar-refractivity contribution < 1.29 is 9.53 Å². The van der Waals surface area contributed by atoms with E-state index >= 15 is 0 Å². The smallest absolute Gasteiger partial charge is 0.219 e. The van der Waals surface area contributed by atoms with Crippen molar-refractivity contribution in [3.05, 3.63) is 34.9 Å². The fraction of sp³-hybridized carbons (Fsp3) is 0.533. The Morgan fingerprint density at radius 2 is 2.10 bits per heavy atom. The number of amides is 1. The lowest BCUT2D eigenvalue weighted by molar-refractivity contribution is -0.121. The Balaban J connectivity index is 2.14. The van der Waals surface area contributed by atoms with Gasteiger partial charge in [0.15, 0.2) is 0 Å². The second-order valence-corrected chi connectivity index (χ2v) is 5.25. The third kappa shape index (κ3) is 3.95. The number of hydrogen-bond acceptors (Lipinski definition) is 3. The maximum absolute atomic E-state index is 11.5. The van der Waals surface area contributed by atoms with E-state index in [-0.39, 0.29) is 11.9 Å². The second kappa shape index (κ2) is 7.62. The Morgan fingerprint density at radius 1 is 1.40 bits per heavy atom. The predicted molar refractivity (Wildman–Crippen MR) is 79.9 cm³/mol. The van der Waals surface area contributed by atoms with Crippen LogP contribution in [0.4, 0.5) is 0 Å². The van der Waals surface area contributed by atoms with Crippen LogP contribution >= 0.6 is 11.6 Å². The van der Waals surface area contributed by atoms with Gasteiger partial charge in [0.05, 0.1) is 19.3 Å².